The summed E-state index contributed by atoms with van der Waals surface area (Å²) in [5, 5.41) is 3.47. The Labute approximate surface area is 117 Å². The van der Waals surface area contributed by atoms with Gasteiger partial charge in [0.25, 0.3) is 0 Å². The average Bonchev–Trinajstić information content (AvgIpc) is 2.78. The molecule has 2 nitrogen and oxygen atoms in total. The van der Waals surface area contributed by atoms with Crippen LogP contribution in [0.4, 0.5) is 0 Å². The lowest BCUT2D eigenvalue weighted by molar-refractivity contribution is -0.0811. The molecular formula is C15H29NOS. The van der Waals surface area contributed by atoms with Crippen molar-refractivity contribution < 1.29 is 4.74 Å². The molecular weight excluding hydrogens is 242 g/mol. The van der Waals surface area contributed by atoms with Gasteiger partial charge < -0.3 is 10.1 Å². The molecule has 2 aliphatic heterocycles. The highest BCUT2D eigenvalue weighted by Gasteiger charge is 2.40. The highest BCUT2D eigenvalue weighted by molar-refractivity contribution is 7.99. The Kier molecular flexibility index (Phi) is 5.40. The number of thioether (sulfide) groups is 1. The van der Waals surface area contributed by atoms with E-state index in [1.807, 2.05) is 0 Å². The second-order valence-corrected chi connectivity index (χ2v) is 7.51. The fourth-order valence-electron chi connectivity index (χ4n) is 3.47. The molecule has 0 amide bonds. The molecule has 0 bridgehead atoms. The monoisotopic (exact) mass is 271 g/mol. The third-order valence-corrected chi connectivity index (χ3v) is 5.95. The first-order valence-corrected chi connectivity index (χ1v) is 8.70. The smallest absolute Gasteiger partial charge is 0.0783 e. The van der Waals surface area contributed by atoms with Crippen LogP contribution in [0.2, 0.25) is 0 Å². The Balaban J connectivity index is 1.79. The predicted octanol–water partition coefficient (Wildman–Crippen LogP) is 3.31. The minimum atomic E-state index is 0.264. The maximum absolute atomic E-state index is 6.10. The van der Waals surface area contributed by atoms with Crippen molar-refractivity contribution in [2.45, 2.75) is 57.6 Å². The number of hydrogen-bond donors (Lipinski definition) is 1. The van der Waals surface area contributed by atoms with E-state index >= 15 is 0 Å². The van der Waals surface area contributed by atoms with Gasteiger partial charge in [-0.05, 0) is 56.7 Å². The fraction of sp³-hybridized carbons (Fsp3) is 1.00. The Hall–Kier alpha value is 0.270. The molecule has 1 N–H and O–H groups in total. The third kappa shape index (κ3) is 3.64. The lowest BCUT2D eigenvalue weighted by Gasteiger charge is -2.38. The van der Waals surface area contributed by atoms with Crippen molar-refractivity contribution in [2.24, 2.45) is 11.8 Å². The molecule has 3 heteroatoms. The Morgan fingerprint density at radius 3 is 2.89 bits per heavy atom. The summed E-state index contributed by atoms with van der Waals surface area (Å²) in [4.78, 5) is 0. The zero-order chi connectivity index (χ0) is 13.0. The predicted molar refractivity (Wildman–Crippen MR) is 80.3 cm³/mol. The summed E-state index contributed by atoms with van der Waals surface area (Å²) in [5.74, 6) is 4.18. The van der Waals surface area contributed by atoms with Crippen LogP contribution in [0.25, 0.3) is 0 Å². The molecule has 0 aromatic heterocycles. The van der Waals surface area contributed by atoms with Gasteiger partial charge in [0, 0.05) is 18.4 Å². The van der Waals surface area contributed by atoms with Crippen LogP contribution < -0.4 is 5.32 Å². The molecule has 2 aliphatic rings. The van der Waals surface area contributed by atoms with E-state index in [9.17, 15) is 0 Å². The lowest BCUT2D eigenvalue weighted by Crippen LogP contribution is -2.40. The molecule has 3 atom stereocenters. The second-order valence-electron chi connectivity index (χ2n) is 6.41. The largest absolute Gasteiger partial charge is 0.374 e. The van der Waals surface area contributed by atoms with Crippen LogP contribution in [-0.2, 0) is 4.74 Å². The van der Waals surface area contributed by atoms with Crippen LogP contribution in [0.1, 0.15) is 46.0 Å². The van der Waals surface area contributed by atoms with Crippen molar-refractivity contribution >= 4 is 11.8 Å². The van der Waals surface area contributed by atoms with Crippen LogP contribution >= 0.6 is 11.8 Å². The summed E-state index contributed by atoms with van der Waals surface area (Å²) in [7, 11) is 2.10. The summed E-state index contributed by atoms with van der Waals surface area (Å²) in [6.45, 7) is 5.64. The van der Waals surface area contributed by atoms with E-state index in [2.05, 4.69) is 38.0 Å². The van der Waals surface area contributed by atoms with E-state index < -0.39 is 0 Å². The van der Waals surface area contributed by atoms with Crippen LogP contribution in [0.15, 0.2) is 0 Å². The van der Waals surface area contributed by atoms with Gasteiger partial charge in [-0.3, -0.25) is 0 Å². The average molecular weight is 271 g/mol. The molecule has 3 unspecified atom stereocenters. The summed E-state index contributed by atoms with van der Waals surface area (Å²) >= 11 is 2.08. The molecule has 0 aromatic carbocycles. The number of rotatable bonds is 5. The van der Waals surface area contributed by atoms with Crippen molar-refractivity contribution in [3.63, 3.8) is 0 Å². The number of nitrogens with one attached hydrogen (secondary N) is 1. The molecule has 0 radical (unpaired) electrons. The van der Waals surface area contributed by atoms with Crippen LogP contribution in [-0.4, -0.2) is 36.8 Å². The van der Waals surface area contributed by atoms with Gasteiger partial charge in [0.05, 0.1) is 5.60 Å². The molecule has 106 valence electrons. The van der Waals surface area contributed by atoms with Crippen LogP contribution in [0.5, 0.6) is 0 Å². The Bertz CT molecular complexity index is 251. The first kappa shape index (κ1) is 14.7. The second kappa shape index (κ2) is 6.62. The highest BCUT2D eigenvalue weighted by Crippen LogP contribution is 2.41. The third-order valence-electron chi connectivity index (χ3n) is 4.72. The molecule has 2 saturated heterocycles. The molecule has 18 heavy (non-hydrogen) atoms. The van der Waals surface area contributed by atoms with E-state index in [0.29, 0.717) is 6.04 Å². The van der Waals surface area contributed by atoms with E-state index in [1.165, 1.54) is 43.6 Å². The molecule has 0 aliphatic carbocycles. The zero-order valence-electron chi connectivity index (χ0n) is 12.2. The fourth-order valence-corrected chi connectivity index (χ4v) is 4.84. The maximum atomic E-state index is 6.10. The van der Waals surface area contributed by atoms with E-state index in [0.717, 1.165) is 18.4 Å². The zero-order valence-corrected chi connectivity index (χ0v) is 13.0. The first-order valence-electron chi connectivity index (χ1n) is 7.54. The summed E-state index contributed by atoms with van der Waals surface area (Å²) < 4.78 is 6.10. The maximum Gasteiger partial charge on any atom is 0.0783 e. The normalized spacial score (nSPS) is 34.3. The van der Waals surface area contributed by atoms with Gasteiger partial charge in [-0.2, -0.15) is 11.8 Å². The Morgan fingerprint density at radius 1 is 1.44 bits per heavy atom. The first-order chi connectivity index (χ1) is 8.65. The molecule has 2 rings (SSSR count). The van der Waals surface area contributed by atoms with Crippen LogP contribution in [0.3, 0.4) is 0 Å². The van der Waals surface area contributed by atoms with Crippen molar-refractivity contribution in [1.82, 2.24) is 5.32 Å². The van der Waals surface area contributed by atoms with Crippen molar-refractivity contribution in [2.75, 3.05) is 25.2 Å². The van der Waals surface area contributed by atoms with Crippen LogP contribution in [0, 0.1) is 11.8 Å². The van der Waals surface area contributed by atoms with E-state index in [1.54, 1.807) is 0 Å². The molecule has 0 saturated carbocycles. The topological polar surface area (TPSA) is 21.3 Å². The molecule has 1 spiro atoms. The number of hydrogen-bond acceptors (Lipinski definition) is 3. The Morgan fingerprint density at radius 2 is 2.28 bits per heavy atom. The van der Waals surface area contributed by atoms with Gasteiger partial charge >= 0.3 is 0 Å². The summed E-state index contributed by atoms with van der Waals surface area (Å²) in [6.07, 6.45) is 6.57. The van der Waals surface area contributed by atoms with Gasteiger partial charge in [0.2, 0.25) is 0 Å². The van der Waals surface area contributed by atoms with E-state index in [-0.39, 0.29) is 5.60 Å². The van der Waals surface area contributed by atoms with Gasteiger partial charge in [-0.25, -0.2) is 0 Å². The van der Waals surface area contributed by atoms with Crippen molar-refractivity contribution in [1.29, 1.82) is 0 Å². The molecule has 0 aromatic rings. The van der Waals surface area contributed by atoms with Gasteiger partial charge in [-0.1, -0.05) is 13.8 Å². The van der Waals surface area contributed by atoms with E-state index in [4.69, 9.17) is 4.74 Å². The summed E-state index contributed by atoms with van der Waals surface area (Å²) in [5.41, 5.74) is 0.264. The lowest BCUT2D eigenvalue weighted by atomic mass is 9.81. The van der Waals surface area contributed by atoms with Crippen molar-refractivity contribution in [3.8, 4) is 0 Å². The molecule has 2 heterocycles. The quantitative estimate of drug-likeness (QED) is 0.829. The van der Waals surface area contributed by atoms with Crippen molar-refractivity contribution in [3.05, 3.63) is 0 Å². The molecule has 2 fully saturated rings. The standard InChI is InChI=1S/C15H29NOS/c1-12(2)14(16-3)5-4-13-6-8-17-15(10-13)7-9-18-11-15/h12-14,16H,4-11H2,1-3H3. The summed E-state index contributed by atoms with van der Waals surface area (Å²) in [6, 6.07) is 0.682. The highest BCUT2D eigenvalue weighted by atomic mass is 32.2. The number of ether oxygens (including phenoxy) is 1. The minimum absolute atomic E-state index is 0.264. The van der Waals surface area contributed by atoms with Gasteiger partial charge in [0.15, 0.2) is 0 Å². The minimum Gasteiger partial charge on any atom is -0.374 e. The van der Waals surface area contributed by atoms with Gasteiger partial charge in [0.1, 0.15) is 0 Å². The van der Waals surface area contributed by atoms with Gasteiger partial charge in [-0.15, -0.1) is 0 Å². The SMILES string of the molecule is CNC(CCC1CCOC2(CCSC2)C1)C(C)C.